The fourth-order valence-electron chi connectivity index (χ4n) is 5.19. The Labute approximate surface area is 244 Å². The molecular weight excluding hydrogens is 560 g/mol. The van der Waals surface area contributed by atoms with Gasteiger partial charge in [-0.15, -0.1) is 0 Å². The van der Waals surface area contributed by atoms with Crippen LogP contribution in [-0.4, -0.2) is 65.2 Å². The molecule has 11 heteroatoms. The number of para-hydroxylation sites is 1. The van der Waals surface area contributed by atoms with Crippen molar-refractivity contribution in [2.24, 2.45) is 0 Å². The largest absolute Gasteiger partial charge is 0.376 e. The summed E-state index contributed by atoms with van der Waals surface area (Å²) in [7, 11) is -0.821. The van der Waals surface area contributed by atoms with Crippen LogP contribution in [0.15, 0.2) is 63.4 Å². The Morgan fingerprint density at radius 2 is 1.88 bits per heavy atom. The van der Waals surface area contributed by atoms with Crippen LogP contribution in [-0.2, 0) is 21.3 Å². The fraction of sp³-hybridized carbons (Fsp3) is 0.367. The monoisotopic (exact) mass is 594 g/mol. The highest BCUT2D eigenvalue weighted by Crippen LogP contribution is 2.28. The van der Waals surface area contributed by atoms with Crippen LogP contribution in [0.25, 0.3) is 16.6 Å². The Kier molecular flexibility index (Phi) is 8.24. The van der Waals surface area contributed by atoms with Gasteiger partial charge in [0.15, 0.2) is 10.9 Å². The minimum absolute atomic E-state index is 0.0593. The molecule has 1 fully saturated rings. The topological polar surface area (TPSA) is 104 Å². The Morgan fingerprint density at radius 1 is 1.12 bits per heavy atom. The number of carbonyl (C=O) groups is 1. The zero-order valence-electron chi connectivity index (χ0n) is 23.9. The SMILES string of the molecule is Cc1ccc(S(=O)(=O)N(C)C)cc1-n1c(SCC(=O)c2cc(C)n(CC3CCCO3)c2C)nc2ccccc2c1=O. The predicted molar refractivity (Wildman–Crippen MR) is 161 cm³/mol. The van der Waals surface area contributed by atoms with E-state index in [1.54, 1.807) is 30.3 Å². The Balaban J connectivity index is 1.53. The second-order valence-corrected chi connectivity index (χ2v) is 13.6. The van der Waals surface area contributed by atoms with Gasteiger partial charge in [0.05, 0.1) is 33.3 Å². The molecule has 1 atom stereocenters. The van der Waals surface area contributed by atoms with Crippen molar-refractivity contribution in [1.29, 1.82) is 0 Å². The van der Waals surface area contributed by atoms with Crippen molar-refractivity contribution in [1.82, 2.24) is 18.4 Å². The summed E-state index contributed by atoms with van der Waals surface area (Å²) in [6.07, 6.45) is 2.22. The summed E-state index contributed by atoms with van der Waals surface area (Å²) >= 11 is 1.17. The Bertz CT molecular complexity index is 1800. The fourth-order valence-corrected chi connectivity index (χ4v) is 7.00. The number of aromatic nitrogens is 3. The number of carbonyl (C=O) groups excluding carboxylic acids is 1. The number of Topliss-reactive ketones (excluding diaryl/α,β-unsaturated/α-hetero) is 1. The molecule has 0 amide bonds. The molecule has 0 saturated carbocycles. The second-order valence-electron chi connectivity index (χ2n) is 10.5. The molecule has 0 radical (unpaired) electrons. The molecule has 0 spiro atoms. The number of ketones is 1. The summed E-state index contributed by atoms with van der Waals surface area (Å²) in [5.41, 5.74) is 3.81. The normalized spacial score (nSPS) is 15.7. The van der Waals surface area contributed by atoms with Crippen molar-refractivity contribution >= 4 is 38.5 Å². The summed E-state index contributed by atoms with van der Waals surface area (Å²) in [5.74, 6) is -0.0136. The minimum atomic E-state index is -3.74. The zero-order chi connectivity index (χ0) is 29.5. The molecule has 2 aromatic carbocycles. The lowest BCUT2D eigenvalue weighted by Gasteiger charge is -2.17. The van der Waals surface area contributed by atoms with Gasteiger partial charge in [-0.1, -0.05) is 30.0 Å². The number of hydrogen-bond donors (Lipinski definition) is 0. The van der Waals surface area contributed by atoms with E-state index in [-0.39, 0.29) is 28.1 Å². The first-order valence-electron chi connectivity index (χ1n) is 13.5. The molecule has 2 aromatic heterocycles. The van der Waals surface area contributed by atoms with Crippen LogP contribution in [0.1, 0.15) is 40.2 Å². The Hall–Kier alpha value is -3.25. The predicted octanol–water partition coefficient (Wildman–Crippen LogP) is 4.52. The summed E-state index contributed by atoms with van der Waals surface area (Å²) in [6.45, 7) is 7.24. The number of nitrogens with zero attached hydrogens (tertiary/aromatic N) is 4. The molecule has 5 rings (SSSR count). The van der Waals surface area contributed by atoms with Crippen molar-refractivity contribution < 1.29 is 17.9 Å². The number of rotatable bonds is 9. The van der Waals surface area contributed by atoms with E-state index in [1.807, 2.05) is 26.8 Å². The number of sulfonamides is 1. The van der Waals surface area contributed by atoms with Gasteiger partial charge in [-0.2, -0.15) is 0 Å². The van der Waals surface area contributed by atoms with Crippen LogP contribution < -0.4 is 5.56 Å². The summed E-state index contributed by atoms with van der Waals surface area (Å²) < 4.78 is 36.3. The van der Waals surface area contributed by atoms with E-state index in [2.05, 4.69) is 4.57 Å². The summed E-state index contributed by atoms with van der Waals surface area (Å²) in [4.78, 5) is 32.1. The third-order valence-corrected chi connectivity index (χ3v) is 10.3. The maximum Gasteiger partial charge on any atom is 0.266 e. The highest BCUT2D eigenvalue weighted by Gasteiger charge is 2.24. The Morgan fingerprint density at radius 3 is 2.59 bits per heavy atom. The van der Waals surface area contributed by atoms with Crippen molar-refractivity contribution in [2.45, 2.75) is 56.3 Å². The highest BCUT2D eigenvalue weighted by molar-refractivity contribution is 7.99. The van der Waals surface area contributed by atoms with Gasteiger partial charge in [-0.3, -0.25) is 14.2 Å². The molecule has 1 aliphatic rings. The molecule has 1 saturated heterocycles. The average Bonchev–Trinajstić information content (AvgIpc) is 3.56. The molecule has 1 unspecified atom stereocenters. The molecule has 0 aliphatic carbocycles. The van der Waals surface area contributed by atoms with Gasteiger partial charge in [0.25, 0.3) is 5.56 Å². The van der Waals surface area contributed by atoms with Crippen LogP contribution >= 0.6 is 11.8 Å². The standard InChI is InChI=1S/C30H34N4O5S2/c1-19-12-13-23(41(37,38)32(4)5)16-27(19)34-29(36)24-10-6-7-11-26(24)31-30(34)40-18-28(35)25-15-20(2)33(21(25)3)17-22-9-8-14-39-22/h6-7,10-13,15-16,22H,8-9,14,17-18H2,1-5H3. The lowest BCUT2D eigenvalue weighted by molar-refractivity contribution is 0.0957. The minimum Gasteiger partial charge on any atom is -0.376 e. The van der Waals surface area contributed by atoms with E-state index < -0.39 is 10.0 Å². The molecular formula is C30H34N4O5S2. The average molecular weight is 595 g/mol. The van der Waals surface area contributed by atoms with E-state index in [4.69, 9.17) is 9.72 Å². The van der Waals surface area contributed by atoms with Gasteiger partial charge >= 0.3 is 0 Å². The number of fused-ring (bicyclic) bond motifs is 1. The molecule has 1 aliphatic heterocycles. The van der Waals surface area contributed by atoms with Gasteiger partial charge in [0, 0.05) is 44.2 Å². The maximum atomic E-state index is 13.8. The van der Waals surface area contributed by atoms with Crippen molar-refractivity contribution in [2.75, 3.05) is 26.5 Å². The number of hydrogen-bond acceptors (Lipinski definition) is 7. The van der Waals surface area contributed by atoms with Crippen LogP contribution in [0.2, 0.25) is 0 Å². The third kappa shape index (κ3) is 5.63. The van der Waals surface area contributed by atoms with Crippen LogP contribution in [0.4, 0.5) is 0 Å². The smallest absolute Gasteiger partial charge is 0.266 e. The lowest BCUT2D eigenvalue weighted by Crippen LogP contribution is -2.25. The molecule has 0 bridgehead atoms. The maximum absolute atomic E-state index is 13.8. The van der Waals surface area contributed by atoms with Gasteiger partial charge < -0.3 is 9.30 Å². The first-order chi connectivity index (χ1) is 19.5. The van der Waals surface area contributed by atoms with Gasteiger partial charge in [-0.05, 0) is 69.5 Å². The zero-order valence-corrected chi connectivity index (χ0v) is 25.5. The molecule has 0 N–H and O–H groups in total. The quantitative estimate of drug-likeness (QED) is 0.160. The molecule has 4 aromatic rings. The van der Waals surface area contributed by atoms with Crippen molar-refractivity contribution in [3.05, 3.63) is 81.4 Å². The summed E-state index contributed by atoms with van der Waals surface area (Å²) in [5, 5.41) is 0.721. The number of ether oxygens (including phenoxy) is 1. The highest BCUT2D eigenvalue weighted by atomic mass is 32.2. The number of aryl methyl sites for hydroxylation is 2. The van der Waals surface area contributed by atoms with E-state index in [1.165, 1.54) is 42.6 Å². The van der Waals surface area contributed by atoms with E-state index in [0.717, 1.165) is 41.7 Å². The van der Waals surface area contributed by atoms with Crippen LogP contribution in [0.5, 0.6) is 0 Å². The summed E-state index contributed by atoms with van der Waals surface area (Å²) in [6, 6.07) is 13.6. The van der Waals surface area contributed by atoms with Gasteiger partial charge in [0.2, 0.25) is 10.0 Å². The number of thioether (sulfide) groups is 1. The molecule has 41 heavy (non-hydrogen) atoms. The third-order valence-electron chi connectivity index (χ3n) is 7.56. The van der Waals surface area contributed by atoms with Crippen molar-refractivity contribution in [3.63, 3.8) is 0 Å². The molecule has 216 valence electrons. The van der Waals surface area contributed by atoms with E-state index in [9.17, 15) is 18.0 Å². The van der Waals surface area contributed by atoms with E-state index in [0.29, 0.717) is 32.9 Å². The molecule has 3 heterocycles. The van der Waals surface area contributed by atoms with E-state index >= 15 is 0 Å². The van der Waals surface area contributed by atoms with Gasteiger partial charge in [0.1, 0.15) is 0 Å². The second kappa shape index (κ2) is 11.6. The molecule has 9 nitrogen and oxygen atoms in total. The lowest BCUT2D eigenvalue weighted by atomic mass is 10.2. The van der Waals surface area contributed by atoms with Crippen molar-refractivity contribution in [3.8, 4) is 5.69 Å². The van der Waals surface area contributed by atoms with Crippen LogP contribution in [0, 0.1) is 20.8 Å². The first-order valence-corrected chi connectivity index (χ1v) is 15.9. The first kappa shape index (κ1) is 29.2. The number of benzene rings is 2. The van der Waals surface area contributed by atoms with Crippen LogP contribution in [0.3, 0.4) is 0 Å². The van der Waals surface area contributed by atoms with Gasteiger partial charge in [-0.25, -0.2) is 17.7 Å².